The number of sulfonamides is 1. The van der Waals surface area contributed by atoms with Gasteiger partial charge in [-0.3, -0.25) is 4.79 Å². The maximum atomic E-state index is 14.4. The number of carbonyl (C=O) groups excluding carboxylic acids is 1. The monoisotopic (exact) mass is 552 g/mol. The van der Waals surface area contributed by atoms with Crippen LogP contribution in [0.4, 0.5) is 10.1 Å². The lowest BCUT2D eigenvalue weighted by Gasteiger charge is -2.22. The Hall–Kier alpha value is -1.27. The van der Waals surface area contributed by atoms with Gasteiger partial charge in [-0.15, -0.1) is 0 Å². The quantitative estimate of drug-likeness (QED) is 0.564. The van der Waals surface area contributed by atoms with Gasteiger partial charge in [-0.1, -0.05) is 11.6 Å². The number of hydrogen-bond donors (Lipinski definition) is 2. The van der Waals surface area contributed by atoms with E-state index >= 15 is 0 Å². The van der Waals surface area contributed by atoms with Crippen LogP contribution in [0.3, 0.4) is 0 Å². The van der Waals surface area contributed by atoms with Gasteiger partial charge in [-0.25, -0.2) is 12.8 Å². The molecule has 156 valence electrons. The van der Waals surface area contributed by atoms with Crippen molar-refractivity contribution in [2.45, 2.75) is 30.3 Å². The van der Waals surface area contributed by atoms with E-state index < -0.39 is 32.7 Å². The molecule has 1 heterocycles. The minimum Gasteiger partial charge on any atom is -0.392 e. The zero-order valence-electron chi connectivity index (χ0n) is 15.2. The first kappa shape index (κ1) is 22.4. The average molecular weight is 553 g/mol. The van der Waals surface area contributed by atoms with Crippen LogP contribution < -0.4 is 5.32 Å². The van der Waals surface area contributed by atoms with Crippen molar-refractivity contribution in [3.63, 3.8) is 0 Å². The Bertz CT molecular complexity index is 1030. The fraction of sp³-hybridized carbons (Fsp3) is 0.316. The molecule has 0 spiro atoms. The van der Waals surface area contributed by atoms with E-state index in [-0.39, 0.29) is 18.7 Å². The Morgan fingerprint density at radius 1 is 1.24 bits per heavy atom. The number of hydrogen-bond acceptors (Lipinski definition) is 4. The van der Waals surface area contributed by atoms with Gasteiger partial charge in [0.2, 0.25) is 10.0 Å². The van der Waals surface area contributed by atoms with Crippen molar-refractivity contribution in [3.8, 4) is 0 Å². The highest BCUT2D eigenvalue weighted by Crippen LogP contribution is 2.25. The number of amides is 1. The van der Waals surface area contributed by atoms with Crippen molar-refractivity contribution < 1.29 is 22.7 Å². The van der Waals surface area contributed by atoms with Crippen LogP contribution in [0.1, 0.15) is 29.6 Å². The third-order valence-electron chi connectivity index (χ3n) is 4.60. The second-order valence-electron chi connectivity index (χ2n) is 6.74. The fourth-order valence-electron chi connectivity index (χ4n) is 3.06. The average Bonchev–Trinajstić information content (AvgIpc) is 2.90. The molecule has 1 fully saturated rings. The third kappa shape index (κ3) is 5.26. The molecule has 1 atom stereocenters. The number of aliphatic hydroxyl groups is 1. The second kappa shape index (κ2) is 9.25. The molecule has 6 nitrogen and oxygen atoms in total. The molecular weight excluding hydrogens is 534 g/mol. The largest absolute Gasteiger partial charge is 0.392 e. The number of nitrogens with zero attached hydrogens (tertiary/aromatic N) is 1. The van der Waals surface area contributed by atoms with Gasteiger partial charge in [0, 0.05) is 27.9 Å². The van der Waals surface area contributed by atoms with Crippen molar-refractivity contribution >= 4 is 55.8 Å². The number of anilines is 1. The van der Waals surface area contributed by atoms with E-state index in [4.69, 9.17) is 11.6 Å². The molecule has 1 aliphatic heterocycles. The number of carbonyl (C=O) groups is 1. The molecular formula is C19H19ClFIN2O4S. The molecule has 2 N–H and O–H groups in total. The van der Waals surface area contributed by atoms with E-state index in [1.807, 2.05) is 0 Å². The Labute approximate surface area is 187 Å². The molecule has 29 heavy (non-hydrogen) atoms. The number of halogens is 3. The van der Waals surface area contributed by atoms with Gasteiger partial charge >= 0.3 is 0 Å². The smallest absolute Gasteiger partial charge is 0.255 e. The van der Waals surface area contributed by atoms with Gasteiger partial charge < -0.3 is 10.4 Å². The Morgan fingerprint density at radius 3 is 2.72 bits per heavy atom. The normalized spacial score (nSPS) is 18.3. The lowest BCUT2D eigenvalue weighted by Crippen LogP contribution is -2.36. The van der Waals surface area contributed by atoms with Crippen LogP contribution in [-0.2, 0) is 10.0 Å². The van der Waals surface area contributed by atoms with Crippen LogP contribution in [0.25, 0.3) is 0 Å². The van der Waals surface area contributed by atoms with Crippen LogP contribution in [0.5, 0.6) is 0 Å². The number of nitrogens with one attached hydrogen (secondary N) is 1. The van der Waals surface area contributed by atoms with Crippen molar-refractivity contribution in [2.24, 2.45) is 0 Å². The Morgan fingerprint density at radius 2 is 2.00 bits per heavy atom. The Balaban J connectivity index is 1.88. The predicted molar refractivity (Wildman–Crippen MR) is 117 cm³/mol. The van der Waals surface area contributed by atoms with Gasteiger partial charge in [0.15, 0.2) is 0 Å². The zero-order chi connectivity index (χ0) is 21.2. The van der Waals surface area contributed by atoms with Gasteiger partial charge in [0.05, 0.1) is 11.1 Å². The van der Waals surface area contributed by atoms with E-state index in [0.717, 1.165) is 20.0 Å². The highest BCUT2D eigenvalue weighted by Gasteiger charge is 2.31. The summed E-state index contributed by atoms with van der Waals surface area (Å²) in [7, 11) is -4.19. The molecule has 2 aromatic carbocycles. The van der Waals surface area contributed by atoms with Crippen LogP contribution in [0.2, 0.25) is 5.02 Å². The summed E-state index contributed by atoms with van der Waals surface area (Å²) in [5.41, 5.74) is 0.430. The van der Waals surface area contributed by atoms with Crippen molar-refractivity contribution in [3.05, 3.63) is 56.4 Å². The molecule has 0 aliphatic carbocycles. The summed E-state index contributed by atoms with van der Waals surface area (Å²) in [4.78, 5) is 12.0. The second-order valence-corrected chi connectivity index (χ2v) is 10.2. The SMILES string of the molecule is O=C(Nc1ccc(I)c(Cl)c1)c1ccc(F)c(S(=O)(=O)N2CCCC[C@H](O)C2)c1. The van der Waals surface area contributed by atoms with Gasteiger partial charge in [0.1, 0.15) is 10.7 Å². The maximum Gasteiger partial charge on any atom is 0.255 e. The molecule has 1 saturated heterocycles. The first-order valence-corrected chi connectivity index (χ1v) is 11.8. The highest BCUT2D eigenvalue weighted by atomic mass is 127. The van der Waals surface area contributed by atoms with E-state index in [0.29, 0.717) is 30.0 Å². The fourth-order valence-corrected chi connectivity index (χ4v) is 5.18. The molecule has 0 radical (unpaired) electrons. The molecule has 1 aliphatic rings. The molecule has 10 heteroatoms. The van der Waals surface area contributed by atoms with E-state index in [1.54, 1.807) is 18.2 Å². The summed E-state index contributed by atoms with van der Waals surface area (Å²) in [5, 5.41) is 13.0. The minimum absolute atomic E-state index is 0.00461. The Kier molecular flexibility index (Phi) is 7.15. The topological polar surface area (TPSA) is 86.7 Å². The summed E-state index contributed by atoms with van der Waals surface area (Å²) < 4.78 is 42.2. The van der Waals surface area contributed by atoms with Crippen LogP contribution in [-0.4, -0.2) is 42.9 Å². The van der Waals surface area contributed by atoms with Crippen molar-refractivity contribution in [1.29, 1.82) is 0 Å². The minimum atomic E-state index is -4.19. The summed E-state index contributed by atoms with van der Waals surface area (Å²) in [6, 6.07) is 8.15. The van der Waals surface area contributed by atoms with E-state index in [9.17, 15) is 22.7 Å². The van der Waals surface area contributed by atoms with Crippen LogP contribution in [0, 0.1) is 9.39 Å². The summed E-state index contributed by atoms with van der Waals surface area (Å²) in [6.45, 7) is 0.0930. The van der Waals surface area contributed by atoms with Crippen LogP contribution in [0.15, 0.2) is 41.3 Å². The maximum absolute atomic E-state index is 14.4. The summed E-state index contributed by atoms with van der Waals surface area (Å²) in [6.07, 6.45) is 0.963. The molecule has 0 unspecified atom stereocenters. The number of benzene rings is 2. The summed E-state index contributed by atoms with van der Waals surface area (Å²) >= 11 is 8.10. The lowest BCUT2D eigenvalue weighted by molar-refractivity contribution is 0.102. The van der Waals surface area contributed by atoms with E-state index in [1.165, 1.54) is 6.07 Å². The first-order chi connectivity index (χ1) is 13.7. The molecule has 2 aromatic rings. The predicted octanol–water partition coefficient (Wildman–Crippen LogP) is 3.87. The zero-order valence-corrected chi connectivity index (χ0v) is 19.0. The van der Waals surface area contributed by atoms with Gasteiger partial charge in [-0.2, -0.15) is 4.31 Å². The molecule has 3 rings (SSSR count). The number of aliphatic hydroxyl groups excluding tert-OH is 1. The van der Waals surface area contributed by atoms with Crippen molar-refractivity contribution in [1.82, 2.24) is 4.31 Å². The molecule has 0 aromatic heterocycles. The van der Waals surface area contributed by atoms with Crippen LogP contribution >= 0.6 is 34.2 Å². The van der Waals surface area contributed by atoms with Gasteiger partial charge in [0.25, 0.3) is 5.91 Å². The molecule has 1 amide bonds. The number of rotatable bonds is 4. The van der Waals surface area contributed by atoms with E-state index in [2.05, 4.69) is 27.9 Å². The lowest BCUT2D eigenvalue weighted by atomic mass is 10.2. The molecule has 0 bridgehead atoms. The number of β-amino-alcohol motifs (C(OH)–C–C–N with tert-alkyl or cyclic N) is 1. The standard InChI is InChI=1S/C19H19ClFIN2O4S/c20-15-10-13(5-7-17(15)22)23-19(26)12-4-6-16(21)18(9-12)29(27,28)24-8-2-1-3-14(25)11-24/h4-7,9-10,14,25H,1-3,8,11H2,(H,23,26)/t14-/m0/s1. The first-order valence-electron chi connectivity index (χ1n) is 8.92. The highest BCUT2D eigenvalue weighted by molar-refractivity contribution is 14.1. The van der Waals surface area contributed by atoms with Crippen molar-refractivity contribution in [2.75, 3.05) is 18.4 Å². The summed E-state index contributed by atoms with van der Waals surface area (Å²) in [5.74, 6) is -1.53. The third-order valence-corrected chi connectivity index (χ3v) is 8.05. The van der Waals surface area contributed by atoms with Gasteiger partial charge in [-0.05, 0) is 78.3 Å². The molecule has 0 saturated carbocycles.